The first-order valence-corrected chi connectivity index (χ1v) is 2.10. The minimum Gasteiger partial charge on any atom is -0.390 e. The van der Waals surface area contributed by atoms with Gasteiger partial charge in [0.2, 0.25) is 4.70 Å². The van der Waals surface area contributed by atoms with Crippen LogP contribution in [-0.2, 0) is 0 Å². The topological polar surface area (TPSA) is 60.7 Å². The summed E-state index contributed by atoms with van der Waals surface area (Å²) in [7, 11) is 0. The molecule has 0 saturated heterocycles. The van der Waals surface area contributed by atoms with E-state index in [-0.39, 0.29) is 0 Å². The standard InChI is InChI=1S/C2H5BrO3/c3-2(5,6)1-4/h4-6H,1H2. The van der Waals surface area contributed by atoms with Crippen LogP contribution in [0.2, 0.25) is 0 Å². The number of hydrogen-bond donors (Lipinski definition) is 3. The number of hydrogen-bond acceptors (Lipinski definition) is 3. The van der Waals surface area contributed by atoms with E-state index in [1.807, 2.05) is 0 Å². The zero-order valence-electron chi connectivity index (χ0n) is 2.93. The smallest absolute Gasteiger partial charge is 0.245 e. The molecule has 0 rings (SSSR count). The molecule has 0 fully saturated rings. The van der Waals surface area contributed by atoms with Crippen molar-refractivity contribution < 1.29 is 15.3 Å². The molecule has 0 aromatic rings. The van der Waals surface area contributed by atoms with Crippen LogP contribution in [0.15, 0.2) is 0 Å². The Morgan fingerprint density at radius 2 is 1.67 bits per heavy atom. The van der Waals surface area contributed by atoms with E-state index in [0.29, 0.717) is 0 Å². The lowest BCUT2D eigenvalue weighted by Crippen LogP contribution is -2.23. The second kappa shape index (κ2) is 1.88. The lowest BCUT2D eigenvalue weighted by molar-refractivity contribution is -0.101. The number of aliphatic hydroxyl groups excluding tert-OH is 1. The lowest BCUT2D eigenvalue weighted by Gasteiger charge is -2.06. The van der Waals surface area contributed by atoms with Crippen LogP contribution in [0.25, 0.3) is 0 Å². The van der Waals surface area contributed by atoms with Gasteiger partial charge in [-0.1, -0.05) is 0 Å². The Labute approximate surface area is 43.4 Å². The summed E-state index contributed by atoms with van der Waals surface area (Å²) in [5.74, 6) is 0. The van der Waals surface area contributed by atoms with Gasteiger partial charge in [-0.05, 0) is 15.9 Å². The summed E-state index contributed by atoms with van der Waals surface area (Å²) in [6, 6.07) is 0. The summed E-state index contributed by atoms with van der Waals surface area (Å²) in [4.78, 5) is 0. The molecule has 3 nitrogen and oxygen atoms in total. The first-order chi connectivity index (χ1) is 2.56. The van der Waals surface area contributed by atoms with Crippen molar-refractivity contribution in [2.75, 3.05) is 6.61 Å². The van der Waals surface area contributed by atoms with Gasteiger partial charge in [-0.3, -0.25) is 0 Å². The molecule has 0 aromatic carbocycles. The van der Waals surface area contributed by atoms with E-state index in [4.69, 9.17) is 15.3 Å². The molecular weight excluding hydrogens is 152 g/mol. The number of aliphatic hydroxyl groups is 3. The fourth-order valence-electron chi connectivity index (χ4n) is 0. The van der Waals surface area contributed by atoms with E-state index in [1.165, 1.54) is 0 Å². The predicted octanol–water partition coefficient (Wildman–Crippen LogP) is -0.988. The Morgan fingerprint density at radius 1 is 1.50 bits per heavy atom. The molecule has 0 bridgehead atoms. The average Bonchev–Trinajstić information content (AvgIpc) is 1.35. The summed E-state index contributed by atoms with van der Waals surface area (Å²) in [6.45, 7) is -0.701. The fraction of sp³-hybridized carbons (Fsp3) is 1.00. The Bertz CT molecular complexity index is 38.5. The number of halogens is 1. The van der Waals surface area contributed by atoms with Crippen molar-refractivity contribution in [2.24, 2.45) is 0 Å². The fourth-order valence-corrected chi connectivity index (χ4v) is 0. The maximum absolute atomic E-state index is 8.05. The second-order valence-electron chi connectivity index (χ2n) is 0.877. The van der Waals surface area contributed by atoms with Crippen molar-refractivity contribution in [3.8, 4) is 0 Å². The zero-order valence-corrected chi connectivity index (χ0v) is 4.51. The monoisotopic (exact) mass is 156 g/mol. The van der Waals surface area contributed by atoms with Crippen LogP contribution in [0.1, 0.15) is 0 Å². The Balaban J connectivity index is 3.17. The molecule has 0 heterocycles. The highest BCUT2D eigenvalue weighted by Crippen LogP contribution is 2.04. The summed E-state index contributed by atoms with van der Waals surface area (Å²) in [6.07, 6.45) is 0. The molecular formula is C2H5BrO3. The van der Waals surface area contributed by atoms with Gasteiger partial charge < -0.3 is 15.3 Å². The molecule has 3 N–H and O–H groups in total. The third-order valence-electron chi connectivity index (χ3n) is 0.201. The summed E-state index contributed by atoms with van der Waals surface area (Å²) >= 11 is 2.34. The Morgan fingerprint density at radius 3 is 1.67 bits per heavy atom. The summed E-state index contributed by atoms with van der Waals surface area (Å²) < 4.78 is -2.09. The van der Waals surface area contributed by atoms with E-state index in [0.717, 1.165) is 0 Å². The van der Waals surface area contributed by atoms with E-state index in [1.54, 1.807) is 0 Å². The first-order valence-electron chi connectivity index (χ1n) is 1.31. The van der Waals surface area contributed by atoms with Crippen molar-refractivity contribution in [1.29, 1.82) is 0 Å². The van der Waals surface area contributed by atoms with E-state index in [2.05, 4.69) is 15.9 Å². The first kappa shape index (κ1) is 6.36. The lowest BCUT2D eigenvalue weighted by atomic mass is 10.7. The molecule has 0 amide bonds. The van der Waals surface area contributed by atoms with Crippen LogP contribution in [-0.4, -0.2) is 26.6 Å². The van der Waals surface area contributed by atoms with Gasteiger partial charge in [0, 0.05) is 0 Å². The quantitative estimate of drug-likeness (QED) is 0.338. The molecule has 0 spiro atoms. The Kier molecular flexibility index (Phi) is 1.99. The molecule has 0 atom stereocenters. The number of alkyl halides is 1. The van der Waals surface area contributed by atoms with Crippen LogP contribution in [0, 0.1) is 0 Å². The van der Waals surface area contributed by atoms with Crippen LogP contribution in [0.5, 0.6) is 0 Å². The van der Waals surface area contributed by atoms with Crippen molar-refractivity contribution in [3.63, 3.8) is 0 Å². The van der Waals surface area contributed by atoms with Gasteiger partial charge >= 0.3 is 0 Å². The molecule has 0 aliphatic heterocycles. The second-order valence-corrected chi connectivity index (χ2v) is 2.15. The highest BCUT2D eigenvalue weighted by molar-refractivity contribution is 9.09. The maximum atomic E-state index is 8.05. The molecule has 4 heteroatoms. The molecule has 0 aliphatic rings. The van der Waals surface area contributed by atoms with Crippen molar-refractivity contribution >= 4 is 15.9 Å². The normalized spacial score (nSPS) is 12.0. The molecule has 0 unspecified atom stereocenters. The molecule has 0 aliphatic carbocycles. The maximum Gasteiger partial charge on any atom is 0.245 e. The third kappa shape index (κ3) is 4.36. The summed E-state index contributed by atoms with van der Waals surface area (Å²) in [5.41, 5.74) is 0. The Hall–Kier alpha value is 0.360. The highest BCUT2D eigenvalue weighted by Gasteiger charge is 2.13. The minimum atomic E-state index is -2.09. The minimum absolute atomic E-state index is 0.701. The molecule has 38 valence electrons. The van der Waals surface area contributed by atoms with Gasteiger partial charge in [0.05, 0.1) is 0 Å². The van der Waals surface area contributed by atoms with E-state index >= 15 is 0 Å². The van der Waals surface area contributed by atoms with Crippen molar-refractivity contribution in [2.45, 2.75) is 4.70 Å². The van der Waals surface area contributed by atoms with Crippen LogP contribution < -0.4 is 0 Å². The van der Waals surface area contributed by atoms with Crippen molar-refractivity contribution in [1.82, 2.24) is 0 Å². The SMILES string of the molecule is OCC(O)(O)Br. The van der Waals surface area contributed by atoms with Crippen LogP contribution in [0.4, 0.5) is 0 Å². The van der Waals surface area contributed by atoms with Gasteiger partial charge in [-0.15, -0.1) is 0 Å². The van der Waals surface area contributed by atoms with Gasteiger partial charge in [0.25, 0.3) is 0 Å². The zero-order chi connectivity index (χ0) is 5.21. The molecule has 6 heavy (non-hydrogen) atoms. The highest BCUT2D eigenvalue weighted by atomic mass is 79.9. The van der Waals surface area contributed by atoms with Crippen LogP contribution >= 0.6 is 15.9 Å². The van der Waals surface area contributed by atoms with Crippen molar-refractivity contribution in [3.05, 3.63) is 0 Å². The van der Waals surface area contributed by atoms with E-state index < -0.39 is 11.3 Å². The molecule has 0 aromatic heterocycles. The molecule has 0 saturated carbocycles. The van der Waals surface area contributed by atoms with E-state index in [9.17, 15) is 0 Å². The predicted molar refractivity (Wildman–Crippen MR) is 23.2 cm³/mol. The van der Waals surface area contributed by atoms with Crippen LogP contribution in [0.3, 0.4) is 0 Å². The average molecular weight is 157 g/mol. The molecule has 0 radical (unpaired) electrons. The summed E-state index contributed by atoms with van der Waals surface area (Å²) in [5, 5.41) is 24.0. The van der Waals surface area contributed by atoms with Gasteiger partial charge in [-0.25, -0.2) is 0 Å². The largest absolute Gasteiger partial charge is 0.390 e. The van der Waals surface area contributed by atoms with Gasteiger partial charge in [0.1, 0.15) is 6.61 Å². The third-order valence-corrected chi connectivity index (χ3v) is 0.452. The number of rotatable bonds is 1. The van der Waals surface area contributed by atoms with Gasteiger partial charge in [0.15, 0.2) is 0 Å². The van der Waals surface area contributed by atoms with Gasteiger partial charge in [-0.2, -0.15) is 0 Å².